The van der Waals surface area contributed by atoms with Gasteiger partial charge in [0, 0.05) is 12.1 Å². The average molecular weight is 417 g/mol. The first-order chi connectivity index (χ1) is 13.9. The lowest BCUT2D eigenvalue weighted by molar-refractivity contribution is -0.124. The monoisotopic (exact) mass is 416 g/mol. The number of carbonyl (C=O) groups excluding carboxylic acids is 1. The molecule has 1 amide bonds. The van der Waals surface area contributed by atoms with Gasteiger partial charge in [0.15, 0.2) is 6.61 Å². The highest BCUT2D eigenvalue weighted by molar-refractivity contribution is 7.89. The van der Waals surface area contributed by atoms with Gasteiger partial charge in [0.2, 0.25) is 10.0 Å². The normalized spacial score (nSPS) is 16.2. The molecular formula is C22H28N2O4S. The number of sulfonamides is 1. The molecule has 7 heteroatoms. The minimum absolute atomic E-state index is 0.0775. The van der Waals surface area contributed by atoms with E-state index >= 15 is 0 Å². The molecule has 156 valence electrons. The number of nitrogens with one attached hydrogen (secondary N) is 2. The SMILES string of the molecule is C[C@@H](NS(=O)(=O)c1ccc(OCC(=O)NC2CCCCC2)cc1)c1ccccc1. The molecule has 0 radical (unpaired) electrons. The topological polar surface area (TPSA) is 84.5 Å². The first-order valence-corrected chi connectivity index (χ1v) is 11.5. The van der Waals surface area contributed by atoms with Crippen molar-refractivity contribution >= 4 is 15.9 Å². The molecule has 0 aromatic heterocycles. The van der Waals surface area contributed by atoms with Gasteiger partial charge in [0.1, 0.15) is 5.75 Å². The van der Waals surface area contributed by atoms with Crippen LogP contribution < -0.4 is 14.8 Å². The van der Waals surface area contributed by atoms with Crippen molar-refractivity contribution in [2.24, 2.45) is 0 Å². The molecule has 3 rings (SSSR count). The van der Waals surface area contributed by atoms with Crippen LogP contribution in [0.25, 0.3) is 0 Å². The fourth-order valence-electron chi connectivity index (χ4n) is 3.49. The summed E-state index contributed by atoms with van der Waals surface area (Å²) < 4.78 is 33.4. The van der Waals surface area contributed by atoms with Crippen molar-refractivity contribution in [3.8, 4) is 5.75 Å². The number of benzene rings is 2. The van der Waals surface area contributed by atoms with E-state index in [1.165, 1.54) is 18.6 Å². The van der Waals surface area contributed by atoms with Crippen LogP contribution in [0.4, 0.5) is 0 Å². The zero-order valence-electron chi connectivity index (χ0n) is 16.6. The third kappa shape index (κ3) is 6.30. The van der Waals surface area contributed by atoms with Crippen molar-refractivity contribution in [1.82, 2.24) is 10.0 Å². The number of ether oxygens (including phenoxy) is 1. The van der Waals surface area contributed by atoms with Gasteiger partial charge < -0.3 is 10.1 Å². The summed E-state index contributed by atoms with van der Waals surface area (Å²) in [7, 11) is -3.66. The number of amides is 1. The number of hydrogen-bond donors (Lipinski definition) is 2. The fourth-order valence-corrected chi connectivity index (χ4v) is 4.72. The third-order valence-corrected chi connectivity index (χ3v) is 6.66. The Morgan fingerprint density at radius 1 is 1.03 bits per heavy atom. The largest absolute Gasteiger partial charge is 0.484 e. The van der Waals surface area contributed by atoms with Crippen molar-refractivity contribution in [3.05, 3.63) is 60.2 Å². The van der Waals surface area contributed by atoms with Crippen molar-refractivity contribution in [3.63, 3.8) is 0 Å². The molecule has 1 aliphatic rings. The summed E-state index contributed by atoms with van der Waals surface area (Å²) in [5.74, 6) is 0.311. The molecule has 29 heavy (non-hydrogen) atoms. The van der Waals surface area contributed by atoms with E-state index in [4.69, 9.17) is 4.74 Å². The molecule has 0 heterocycles. The van der Waals surface area contributed by atoms with E-state index in [9.17, 15) is 13.2 Å². The van der Waals surface area contributed by atoms with Crippen molar-refractivity contribution in [1.29, 1.82) is 0 Å². The van der Waals surface area contributed by atoms with E-state index in [1.807, 2.05) is 30.3 Å². The predicted molar refractivity (Wildman–Crippen MR) is 112 cm³/mol. The Hall–Kier alpha value is -2.38. The lowest BCUT2D eigenvalue weighted by atomic mass is 9.95. The van der Waals surface area contributed by atoms with E-state index in [0.29, 0.717) is 5.75 Å². The summed E-state index contributed by atoms with van der Waals surface area (Å²) in [6.07, 6.45) is 5.58. The Morgan fingerprint density at radius 2 is 1.69 bits per heavy atom. The Kier molecular flexibility index (Phi) is 7.28. The zero-order valence-corrected chi connectivity index (χ0v) is 17.5. The molecule has 0 saturated heterocycles. The molecule has 6 nitrogen and oxygen atoms in total. The van der Waals surface area contributed by atoms with Crippen LogP contribution in [0.2, 0.25) is 0 Å². The second-order valence-corrected chi connectivity index (χ2v) is 9.13. The standard InChI is InChI=1S/C22H28N2O4S/c1-17(18-8-4-2-5-9-18)24-29(26,27)21-14-12-20(13-15-21)28-16-22(25)23-19-10-6-3-7-11-19/h2,4-5,8-9,12-15,17,19,24H,3,6-7,10-11,16H2,1H3,(H,23,25)/t17-/m1/s1. The maximum Gasteiger partial charge on any atom is 0.258 e. The molecule has 2 N–H and O–H groups in total. The van der Waals surface area contributed by atoms with Crippen molar-refractivity contribution in [2.45, 2.75) is 56.0 Å². The average Bonchev–Trinajstić information content (AvgIpc) is 2.73. The Morgan fingerprint density at radius 3 is 2.34 bits per heavy atom. The molecule has 1 saturated carbocycles. The molecule has 0 bridgehead atoms. The van der Waals surface area contributed by atoms with E-state index in [2.05, 4.69) is 10.0 Å². The van der Waals surface area contributed by atoms with E-state index in [-0.39, 0.29) is 29.5 Å². The highest BCUT2D eigenvalue weighted by Gasteiger charge is 2.19. The molecule has 1 atom stereocenters. The molecule has 0 unspecified atom stereocenters. The Bertz CT molecular complexity index is 892. The lowest BCUT2D eigenvalue weighted by Gasteiger charge is -2.22. The number of hydrogen-bond acceptors (Lipinski definition) is 4. The highest BCUT2D eigenvalue weighted by Crippen LogP contribution is 2.20. The van der Waals surface area contributed by atoms with Crippen molar-refractivity contribution in [2.75, 3.05) is 6.61 Å². The van der Waals surface area contributed by atoms with Gasteiger partial charge in [0.25, 0.3) is 5.91 Å². The number of rotatable bonds is 8. The highest BCUT2D eigenvalue weighted by atomic mass is 32.2. The Balaban J connectivity index is 1.52. The van der Waals surface area contributed by atoms with E-state index in [0.717, 1.165) is 31.2 Å². The van der Waals surface area contributed by atoms with Gasteiger partial charge in [-0.2, -0.15) is 0 Å². The van der Waals surface area contributed by atoms with Gasteiger partial charge in [-0.15, -0.1) is 0 Å². The molecule has 2 aromatic carbocycles. The minimum Gasteiger partial charge on any atom is -0.484 e. The quantitative estimate of drug-likeness (QED) is 0.689. The summed E-state index contributed by atoms with van der Waals surface area (Å²) >= 11 is 0. The van der Waals surface area contributed by atoms with Crippen LogP contribution in [0.1, 0.15) is 50.6 Å². The lowest BCUT2D eigenvalue weighted by Crippen LogP contribution is -2.38. The van der Waals surface area contributed by atoms with Gasteiger partial charge in [-0.05, 0) is 49.6 Å². The van der Waals surface area contributed by atoms with E-state index < -0.39 is 10.0 Å². The summed E-state index contributed by atoms with van der Waals surface area (Å²) in [6, 6.07) is 15.4. The van der Waals surface area contributed by atoms with Crippen LogP contribution in [0.5, 0.6) is 5.75 Å². The van der Waals surface area contributed by atoms with Crippen LogP contribution in [0.15, 0.2) is 59.5 Å². The predicted octanol–water partition coefficient (Wildman–Crippen LogP) is 3.55. The molecule has 0 spiro atoms. The summed E-state index contributed by atoms with van der Waals surface area (Å²) in [4.78, 5) is 12.2. The molecular weight excluding hydrogens is 388 g/mol. The number of carbonyl (C=O) groups is 1. The van der Waals surface area contributed by atoms with Crippen LogP contribution in [0, 0.1) is 0 Å². The Labute approximate surface area is 172 Å². The van der Waals surface area contributed by atoms with Crippen LogP contribution in [-0.4, -0.2) is 27.0 Å². The van der Waals surface area contributed by atoms with Gasteiger partial charge in [-0.3, -0.25) is 4.79 Å². The molecule has 2 aromatic rings. The first kappa shape index (κ1) is 21.3. The van der Waals surface area contributed by atoms with E-state index in [1.54, 1.807) is 19.1 Å². The first-order valence-electron chi connectivity index (χ1n) is 10.0. The van der Waals surface area contributed by atoms with Gasteiger partial charge in [0.05, 0.1) is 4.90 Å². The van der Waals surface area contributed by atoms with Crippen molar-refractivity contribution < 1.29 is 17.9 Å². The van der Waals surface area contributed by atoms with Crippen LogP contribution in [-0.2, 0) is 14.8 Å². The van der Waals surface area contributed by atoms with Crippen LogP contribution >= 0.6 is 0 Å². The third-order valence-electron chi connectivity index (χ3n) is 5.11. The van der Waals surface area contributed by atoms with Gasteiger partial charge in [-0.1, -0.05) is 49.6 Å². The maximum absolute atomic E-state index is 12.6. The minimum atomic E-state index is -3.66. The van der Waals surface area contributed by atoms with Gasteiger partial charge in [-0.25, -0.2) is 13.1 Å². The maximum atomic E-state index is 12.6. The fraction of sp³-hybridized carbons (Fsp3) is 0.409. The molecule has 0 aliphatic heterocycles. The molecule has 1 aliphatic carbocycles. The second kappa shape index (κ2) is 9.89. The van der Waals surface area contributed by atoms with Crippen LogP contribution in [0.3, 0.4) is 0 Å². The summed E-state index contributed by atoms with van der Waals surface area (Å²) in [5, 5.41) is 2.99. The summed E-state index contributed by atoms with van der Waals surface area (Å²) in [5.41, 5.74) is 0.889. The second-order valence-electron chi connectivity index (χ2n) is 7.42. The molecule has 1 fully saturated rings. The summed E-state index contributed by atoms with van der Waals surface area (Å²) in [6.45, 7) is 1.72. The zero-order chi connectivity index (χ0) is 20.7. The smallest absolute Gasteiger partial charge is 0.258 e. The van der Waals surface area contributed by atoms with Gasteiger partial charge >= 0.3 is 0 Å².